The van der Waals surface area contributed by atoms with Crippen LogP contribution in [0.4, 0.5) is 4.39 Å². The van der Waals surface area contributed by atoms with Crippen LogP contribution >= 0.6 is 11.8 Å². The zero-order chi connectivity index (χ0) is 21.4. The smallest absolute Gasteiger partial charge is 0.263 e. The quantitative estimate of drug-likeness (QED) is 0.375. The molecule has 31 heavy (non-hydrogen) atoms. The van der Waals surface area contributed by atoms with Crippen molar-refractivity contribution >= 4 is 28.4 Å². The van der Waals surface area contributed by atoms with Crippen molar-refractivity contribution in [3.63, 3.8) is 0 Å². The molecule has 5 nitrogen and oxygen atoms in total. The third-order valence-electron chi connectivity index (χ3n) is 5.35. The Morgan fingerprint density at radius 1 is 0.935 bits per heavy atom. The first-order valence-corrected chi connectivity index (χ1v) is 10.9. The predicted molar refractivity (Wildman–Crippen MR) is 121 cm³/mol. The van der Waals surface area contributed by atoms with Gasteiger partial charge in [0.1, 0.15) is 5.82 Å². The molecule has 0 amide bonds. The number of fused-ring (bicyclic) bond motifs is 3. The van der Waals surface area contributed by atoms with Crippen LogP contribution in [0.2, 0.25) is 0 Å². The largest absolute Gasteiger partial charge is 0.272 e. The van der Waals surface area contributed by atoms with Crippen LogP contribution in [-0.4, -0.2) is 19.2 Å². The van der Waals surface area contributed by atoms with Gasteiger partial charge in [0.25, 0.3) is 5.56 Å². The standard InChI is InChI=1S/C24H19FN4OS/c1-16-6-2-3-7-18(16)15-31-24-27-26-23-28(14-17-10-12-19(25)13-11-17)22(30)20-8-4-5-9-21(20)29(23)24/h2-13H,14-15H2,1H3. The molecule has 0 atom stereocenters. The minimum absolute atomic E-state index is 0.143. The summed E-state index contributed by atoms with van der Waals surface area (Å²) in [6.45, 7) is 2.38. The van der Waals surface area contributed by atoms with Gasteiger partial charge in [-0.3, -0.25) is 13.8 Å². The van der Waals surface area contributed by atoms with E-state index in [0.717, 1.165) is 22.0 Å². The van der Waals surface area contributed by atoms with E-state index in [4.69, 9.17) is 0 Å². The van der Waals surface area contributed by atoms with Crippen molar-refractivity contribution in [3.8, 4) is 0 Å². The Kier molecular flexibility index (Phi) is 5.03. The van der Waals surface area contributed by atoms with Crippen molar-refractivity contribution in [2.75, 3.05) is 0 Å². The summed E-state index contributed by atoms with van der Waals surface area (Å²) in [5.41, 5.74) is 3.90. The molecule has 0 aliphatic carbocycles. The Morgan fingerprint density at radius 2 is 1.68 bits per heavy atom. The Hall–Kier alpha value is -3.45. The Labute approximate surface area is 182 Å². The van der Waals surface area contributed by atoms with Crippen molar-refractivity contribution in [2.45, 2.75) is 24.4 Å². The van der Waals surface area contributed by atoms with Gasteiger partial charge in [-0.2, -0.15) is 0 Å². The molecule has 2 heterocycles. The maximum atomic E-state index is 13.3. The van der Waals surface area contributed by atoms with Gasteiger partial charge in [0.15, 0.2) is 5.16 Å². The topological polar surface area (TPSA) is 52.2 Å². The van der Waals surface area contributed by atoms with Gasteiger partial charge in [0.05, 0.1) is 17.4 Å². The van der Waals surface area contributed by atoms with E-state index < -0.39 is 0 Å². The van der Waals surface area contributed by atoms with Crippen LogP contribution in [0, 0.1) is 12.7 Å². The Bertz CT molecular complexity index is 1460. The molecular weight excluding hydrogens is 411 g/mol. The number of rotatable bonds is 5. The van der Waals surface area contributed by atoms with E-state index in [1.807, 2.05) is 40.8 Å². The highest BCUT2D eigenvalue weighted by molar-refractivity contribution is 7.98. The van der Waals surface area contributed by atoms with Gasteiger partial charge in [-0.05, 0) is 47.9 Å². The van der Waals surface area contributed by atoms with Gasteiger partial charge in [-0.25, -0.2) is 4.39 Å². The number of para-hydroxylation sites is 1. The molecule has 0 bridgehead atoms. The average molecular weight is 431 g/mol. The molecule has 5 rings (SSSR count). The summed E-state index contributed by atoms with van der Waals surface area (Å²) >= 11 is 1.59. The van der Waals surface area contributed by atoms with Crippen molar-refractivity contribution in [3.05, 3.63) is 106 Å². The summed E-state index contributed by atoms with van der Waals surface area (Å²) in [6.07, 6.45) is 0. The lowest BCUT2D eigenvalue weighted by Gasteiger charge is -2.11. The normalized spacial score (nSPS) is 11.4. The van der Waals surface area contributed by atoms with Gasteiger partial charge in [0.2, 0.25) is 5.78 Å². The first kappa shape index (κ1) is 19.5. The Morgan fingerprint density at radius 3 is 2.48 bits per heavy atom. The fourth-order valence-corrected chi connectivity index (χ4v) is 4.67. The molecule has 0 unspecified atom stereocenters. The van der Waals surface area contributed by atoms with Crippen LogP contribution in [0.1, 0.15) is 16.7 Å². The van der Waals surface area contributed by atoms with E-state index in [0.29, 0.717) is 11.2 Å². The van der Waals surface area contributed by atoms with E-state index in [1.54, 1.807) is 28.5 Å². The van der Waals surface area contributed by atoms with Crippen molar-refractivity contribution in [1.29, 1.82) is 0 Å². The van der Waals surface area contributed by atoms with Crippen LogP contribution < -0.4 is 5.56 Å². The summed E-state index contributed by atoms with van der Waals surface area (Å²) in [7, 11) is 0. The van der Waals surface area contributed by atoms with E-state index in [9.17, 15) is 9.18 Å². The van der Waals surface area contributed by atoms with E-state index in [2.05, 4.69) is 29.3 Å². The molecule has 0 aliphatic rings. The molecule has 3 aromatic carbocycles. The zero-order valence-corrected chi connectivity index (χ0v) is 17.6. The molecule has 154 valence electrons. The lowest BCUT2D eigenvalue weighted by Crippen LogP contribution is -2.24. The van der Waals surface area contributed by atoms with Gasteiger partial charge in [0, 0.05) is 5.75 Å². The number of aryl methyl sites for hydroxylation is 1. The molecule has 0 radical (unpaired) electrons. The fraction of sp³-hybridized carbons (Fsp3) is 0.125. The minimum Gasteiger partial charge on any atom is -0.272 e. The van der Waals surface area contributed by atoms with E-state index >= 15 is 0 Å². The second-order valence-electron chi connectivity index (χ2n) is 7.37. The maximum absolute atomic E-state index is 13.3. The molecule has 0 saturated heterocycles. The number of benzene rings is 3. The fourth-order valence-electron chi connectivity index (χ4n) is 3.66. The summed E-state index contributed by atoms with van der Waals surface area (Å²) in [5.74, 6) is 0.913. The summed E-state index contributed by atoms with van der Waals surface area (Å²) < 4.78 is 16.9. The van der Waals surface area contributed by atoms with E-state index in [1.165, 1.54) is 23.3 Å². The third-order valence-corrected chi connectivity index (χ3v) is 6.33. The van der Waals surface area contributed by atoms with Crippen LogP contribution in [-0.2, 0) is 12.3 Å². The monoisotopic (exact) mass is 430 g/mol. The summed E-state index contributed by atoms with van der Waals surface area (Å²) in [5, 5.41) is 10.1. The van der Waals surface area contributed by atoms with Crippen molar-refractivity contribution < 1.29 is 4.39 Å². The van der Waals surface area contributed by atoms with E-state index in [-0.39, 0.29) is 17.9 Å². The number of aromatic nitrogens is 4. The van der Waals surface area contributed by atoms with Crippen molar-refractivity contribution in [1.82, 2.24) is 19.2 Å². The molecule has 0 aliphatic heterocycles. The molecule has 0 saturated carbocycles. The van der Waals surface area contributed by atoms with Gasteiger partial charge in [-0.15, -0.1) is 10.2 Å². The molecule has 5 aromatic rings. The lowest BCUT2D eigenvalue weighted by atomic mass is 10.1. The number of hydrogen-bond donors (Lipinski definition) is 0. The second-order valence-corrected chi connectivity index (χ2v) is 8.31. The SMILES string of the molecule is Cc1ccccc1CSc1nnc2n(Cc3ccc(F)cc3)c(=O)c3ccccc3n12. The van der Waals surface area contributed by atoms with Crippen LogP contribution in [0.3, 0.4) is 0 Å². The minimum atomic E-state index is -0.308. The van der Waals surface area contributed by atoms with Gasteiger partial charge < -0.3 is 0 Å². The highest BCUT2D eigenvalue weighted by Gasteiger charge is 2.17. The number of hydrogen-bond acceptors (Lipinski definition) is 4. The van der Waals surface area contributed by atoms with Gasteiger partial charge >= 0.3 is 0 Å². The molecule has 0 fully saturated rings. The molecule has 0 spiro atoms. The highest BCUT2D eigenvalue weighted by Crippen LogP contribution is 2.26. The number of nitrogens with zero attached hydrogens (tertiary/aromatic N) is 4. The Balaban J connectivity index is 1.64. The average Bonchev–Trinajstić information content (AvgIpc) is 3.21. The first-order valence-electron chi connectivity index (χ1n) is 9.90. The van der Waals surface area contributed by atoms with Crippen molar-refractivity contribution in [2.24, 2.45) is 0 Å². The van der Waals surface area contributed by atoms with Crippen LogP contribution in [0.25, 0.3) is 16.7 Å². The number of thioether (sulfide) groups is 1. The summed E-state index contributed by atoms with van der Waals surface area (Å²) in [4.78, 5) is 13.2. The maximum Gasteiger partial charge on any atom is 0.263 e. The third kappa shape index (κ3) is 3.61. The molecular formula is C24H19FN4OS. The summed E-state index contributed by atoms with van der Waals surface area (Å²) in [6, 6.07) is 21.9. The van der Waals surface area contributed by atoms with Crippen LogP contribution in [0.5, 0.6) is 0 Å². The first-order chi connectivity index (χ1) is 15.1. The molecule has 0 N–H and O–H groups in total. The second kappa shape index (κ2) is 8.00. The molecule has 7 heteroatoms. The van der Waals surface area contributed by atoms with Crippen LogP contribution in [0.15, 0.2) is 82.7 Å². The predicted octanol–water partition coefficient (Wildman–Crippen LogP) is 4.83. The number of halogens is 1. The molecule has 2 aromatic heterocycles. The zero-order valence-electron chi connectivity index (χ0n) is 16.8. The highest BCUT2D eigenvalue weighted by atomic mass is 32.2. The van der Waals surface area contributed by atoms with Gasteiger partial charge in [-0.1, -0.05) is 60.3 Å². The lowest BCUT2D eigenvalue weighted by molar-refractivity contribution is 0.626.